The van der Waals surface area contributed by atoms with Gasteiger partial charge in [0.1, 0.15) is 17.8 Å². The van der Waals surface area contributed by atoms with Crippen LogP contribution >= 0.6 is 0 Å². The van der Waals surface area contributed by atoms with Crippen molar-refractivity contribution in [1.29, 1.82) is 0 Å². The van der Waals surface area contributed by atoms with E-state index in [4.69, 9.17) is 4.74 Å². The molecule has 1 rings (SSSR count). The van der Waals surface area contributed by atoms with E-state index < -0.39 is 66.5 Å². The highest BCUT2D eigenvalue weighted by Gasteiger charge is 2.35. The minimum Gasteiger partial charge on any atom is -0.462 e. The Morgan fingerprint density at radius 1 is 0.762 bits per heavy atom. The molecule has 0 radical (unpaired) electrons. The quantitative estimate of drug-likeness (QED) is 0.238. The molecule has 10 heteroatoms. The van der Waals surface area contributed by atoms with Gasteiger partial charge in [0.25, 0.3) is 0 Å². The lowest BCUT2D eigenvalue weighted by Crippen LogP contribution is -2.41. The van der Waals surface area contributed by atoms with Gasteiger partial charge in [-0.15, -0.1) is 0 Å². The molecule has 0 bridgehead atoms. The summed E-state index contributed by atoms with van der Waals surface area (Å²) in [6.07, 6.45) is 7.52. The monoisotopic (exact) mass is 596 g/mol. The number of hydrogen-bond acceptors (Lipinski definition) is 10. The molecule has 0 aromatic heterocycles. The molecule has 1 aliphatic heterocycles. The fraction of sp³-hybridized carbons (Fsp3) is 0.688. The molecule has 0 saturated heterocycles. The first-order valence-corrected chi connectivity index (χ1v) is 15.1. The number of rotatable bonds is 3. The van der Waals surface area contributed by atoms with Gasteiger partial charge in [0.05, 0.1) is 42.7 Å². The summed E-state index contributed by atoms with van der Waals surface area (Å²) in [7, 11) is 0. The van der Waals surface area contributed by atoms with Gasteiger partial charge in [0.15, 0.2) is 0 Å². The van der Waals surface area contributed by atoms with Crippen molar-refractivity contribution in [2.45, 2.75) is 133 Å². The van der Waals surface area contributed by atoms with E-state index in [9.17, 15) is 45.3 Å². The molecule has 0 aliphatic carbocycles. The summed E-state index contributed by atoms with van der Waals surface area (Å²) >= 11 is 0. The molecule has 0 aromatic rings. The third-order valence-corrected chi connectivity index (χ3v) is 7.07. The summed E-state index contributed by atoms with van der Waals surface area (Å²) < 4.78 is 5.62. The minimum atomic E-state index is -1.45. The number of esters is 1. The Hall–Kier alpha value is -2.18. The normalized spacial score (nSPS) is 36.5. The lowest BCUT2D eigenvalue weighted by atomic mass is 9.90. The van der Waals surface area contributed by atoms with Gasteiger partial charge in [-0.3, -0.25) is 9.59 Å². The SMILES string of the molecule is CCC[C@@H]1C/C=C/C=C/C=C/C=C/CCC(O)CC(O)CC(=O)CC(O)CC(O)CC(O)CC(O)C(C(C)O)C(=O)O1. The van der Waals surface area contributed by atoms with Crippen LogP contribution in [0.4, 0.5) is 0 Å². The maximum absolute atomic E-state index is 12.9. The van der Waals surface area contributed by atoms with E-state index in [1.807, 2.05) is 55.5 Å². The number of Topliss-reactive ketones (excluding diaryl/α,β-unsaturated/α-hetero) is 1. The Bertz CT molecular complexity index is 881. The molecular weight excluding hydrogens is 544 g/mol. The zero-order valence-corrected chi connectivity index (χ0v) is 24.9. The first-order valence-electron chi connectivity index (χ1n) is 15.1. The molecule has 42 heavy (non-hydrogen) atoms. The number of ketones is 1. The molecule has 1 aliphatic rings. The smallest absolute Gasteiger partial charge is 0.314 e. The van der Waals surface area contributed by atoms with Crippen LogP contribution in [-0.2, 0) is 14.3 Å². The third kappa shape index (κ3) is 17.1. The predicted octanol–water partition coefficient (Wildman–Crippen LogP) is 2.18. The maximum Gasteiger partial charge on any atom is 0.314 e. The molecule has 10 nitrogen and oxygen atoms in total. The Kier molecular flexibility index (Phi) is 19.4. The summed E-state index contributed by atoms with van der Waals surface area (Å²) in [5.41, 5.74) is 0. The molecule has 8 unspecified atom stereocenters. The number of hydrogen-bond donors (Lipinski definition) is 7. The second-order valence-corrected chi connectivity index (χ2v) is 11.3. The van der Waals surface area contributed by atoms with E-state index in [2.05, 4.69) is 0 Å². The van der Waals surface area contributed by atoms with Crippen LogP contribution in [0.5, 0.6) is 0 Å². The van der Waals surface area contributed by atoms with E-state index in [1.165, 1.54) is 6.92 Å². The Labute approximate surface area is 249 Å². The zero-order valence-electron chi connectivity index (χ0n) is 24.9. The van der Waals surface area contributed by atoms with Crippen molar-refractivity contribution in [3.63, 3.8) is 0 Å². The van der Waals surface area contributed by atoms with Gasteiger partial charge in [-0.25, -0.2) is 0 Å². The van der Waals surface area contributed by atoms with E-state index in [1.54, 1.807) is 0 Å². The van der Waals surface area contributed by atoms with Crippen LogP contribution in [0, 0.1) is 5.92 Å². The predicted molar refractivity (Wildman–Crippen MR) is 159 cm³/mol. The molecule has 1 heterocycles. The van der Waals surface area contributed by atoms with Crippen LogP contribution in [0.25, 0.3) is 0 Å². The summed E-state index contributed by atoms with van der Waals surface area (Å²) in [4.78, 5) is 25.2. The van der Waals surface area contributed by atoms with E-state index in [0.717, 1.165) is 6.42 Å². The number of carbonyl (C=O) groups is 2. The number of aliphatic hydroxyl groups excluding tert-OH is 7. The van der Waals surface area contributed by atoms with E-state index in [-0.39, 0.29) is 38.5 Å². The van der Waals surface area contributed by atoms with Gasteiger partial charge in [-0.2, -0.15) is 0 Å². The van der Waals surface area contributed by atoms with Crippen molar-refractivity contribution in [3.8, 4) is 0 Å². The summed E-state index contributed by atoms with van der Waals surface area (Å²) in [6, 6.07) is 0. The van der Waals surface area contributed by atoms with Crippen molar-refractivity contribution in [1.82, 2.24) is 0 Å². The molecule has 0 aromatic carbocycles. The minimum absolute atomic E-state index is 0.0256. The van der Waals surface area contributed by atoms with Gasteiger partial charge in [-0.1, -0.05) is 62.0 Å². The van der Waals surface area contributed by atoms with Crippen LogP contribution in [0.15, 0.2) is 48.6 Å². The van der Waals surface area contributed by atoms with Crippen LogP contribution in [0.3, 0.4) is 0 Å². The van der Waals surface area contributed by atoms with Crippen molar-refractivity contribution in [2.75, 3.05) is 0 Å². The topological polar surface area (TPSA) is 185 Å². The standard InChI is InChI=1S/C32H52O10/c1-3-13-29-15-12-10-8-6-4-5-7-9-11-14-23(34)16-24(35)17-25(36)18-26(37)19-27(38)20-28(39)21-30(40)31(22(2)33)32(41)42-29/h4-10,12,22-24,26-31,33-35,37-40H,3,11,13-21H2,1-2H3/b5-4+,8-6+,9-7+,12-10+/t22?,23?,24?,26?,27?,28?,29-,30?,31?/m1/s1. The molecule has 7 N–H and O–H groups in total. The van der Waals surface area contributed by atoms with Crippen LogP contribution in [0.2, 0.25) is 0 Å². The van der Waals surface area contributed by atoms with Gasteiger partial charge < -0.3 is 40.5 Å². The molecular formula is C32H52O10. The van der Waals surface area contributed by atoms with Crippen molar-refractivity contribution < 1.29 is 50.1 Å². The molecule has 0 saturated carbocycles. The second-order valence-electron chi connectivity index (χ2n) is 11.3. The number of allylic oxidation sites excluding steroid dienone is 7. The van der Waals surface area contributed by atoms with Crippen LogP contribution in [-0.4, -0.2) is 96.3 Å². The molecule has 0 amide bonds. The van der Waals surface area contributed by atoms with Crippen molar-refractivity contribution in [3.05, 3.63) is 48.6 Å². The molecule has 0 fully saturated rings. The summed E-state index contributed by atoms with van der Waals surface area (Å²) in [6.45, 7) is 3.31. The summed E-state index contributed by atoms with van der Waals surface area (Å²) in [5, 5.41) is 72.2. The Morgan fingerprint density at radius 2 is 1.29 bits per heavy atom. The number of cyclic esters (lactones) is 1. The third-order valence-electron chi connectivity index (χ3n) is 7.07. The molecule has 240 valence electrons. The Balaban J connectivity index is 2.98. The number of aliphatic hydroxyl groups is 7. The number of carbonyl (C=O) groups excluding carboxylic acids is 2. The fourth-order valence-electron chi connectivity index (χ4n) is 4.95. The van der Waals surface area contributed by atoms with Gasteiger partial charge in [-0.05, 0) is 45.4 Å². The van der Waals surface area contributed by atoms with Gasteiger partial charge >= 0.3 is 5.97 Å². The average molecular weight is 597 g/mol. The molecule has 0 spiro atoms. The first-order chi connectivity index (χ1) is 19.9. The first kappa shape index (κ1) is 37.8. The lowest BCUT2D eigenvalue weighted by Gasteiger charge is -2.28. The Morgan fingerprint density at radius 3 is 1.88 bits per heavy atom. The summed E-state index contributed by atoms with van der Waals surface area (Å²) in [5.74, 6) is -2.51. The van der Waals surface area contributed by atoms with Crippen molar-refractivity contribution >= 4 is 11.8 Å². The average Bonchev–Trinajstić information content (AvgIpc) is 2.85. The highest BCUT2D eigenvalue weighted by Crippen LogP contribution is 2.22. The van der Waals surface area contributed by atoms with Crippen LogP contribution in [0.1, 0.15) is 84.5 Å². The van der Waals surface area contributed by atoms with Crippen molar-refractivity contribution in [2.24, 2.45) is 5.92 Å². The molecule has 9 atom stereocenters. The van der Waals surface area contributed by atoms with E-state index in [0.29, 0.717) is 25.7 Å². The van der Waals surface area contributed by atoms with Gasteiger partial charge in [0.2, 0.25) is 0 Å². The highest BCUT2D eigenvalue weighted by atomic mass is 16.5. The van der Waals surface area contributed by atoms with Crippen LogP contribution < -0.4 is 0 Å². The van der Waals surface area contributed by atoms with E-state index >= 15 is 0 Å². The highest BCUT2D eigenvalue weighted by molar-refractivity contribution is 5.79. The van der Waals surface area contributed by atoms with Gasteiger partial charge in [0, 0.05) is 25.7 Å². The largest absolute Gasteiger partial charge is 0.462 e. The maximum atomic E-state index is 12.9. The zero-order chi connectivity index (χ0) is 31.5. The fourth-order valence-corrected chi connectivity index (χ4v) is 4.95. The second kappa shape index (κ2) is 21.5. The lowest BCUT2D eigenvalue weighted by molar-refractivity contribution is -0.164. The number of ether oxygens (including phenoxy) is 1.